The van der Waals surface area contributed by atoms with Crippen molar-refractivity contribution >= 4 is 0 Å². The minimum atomic E-state index is -0.980. The molecule has 0 unspecified atom stereocenters. The maximum absolute atomic E-state index is 13.3. The van der Waals surface area contributed by atoms with Gasteiger partial charge in [0.25, 0.3) is 0 Å². The molecule has 0 amide bonds. The number of pyridine rings is 1. The Hall–Kier alpha value is -2.50. The van der Waals surface area contributed by atoms with Gasteiger partial charge < -0.3 is 14.4 Å². The Morgan fingerprint density at radius 3 is 2.35 bits per heavy atom. The molecule has 1 saturated heterocycles. The van der Waals surface area contributed by atoms with Crippen LogP contribution < -0.4 is 0 Å². The van der Waals surface area contributed by atoms with E-state index in [1.807, 2.05) is 25.2 Å². The first-order valence-corrected chi connectivity index (χ1v) is 8.77. The Balaban J connectivity index is 1.81. The first-order chi connectivity index (χ1) is 12.5. The molecule has 5 heteroatoms. The van der Waals surface area contributed by atoms with Crippen LogP contribution >= 0.6 is 0 Å². The largest absolute Gasteiger partial charge is 0.457 e. The van der Waals surface area contributed by atoms with Crippen molar-refractivity contribution in [2.45, 2.75) is 18.4 Å². The molecular formula is C21H21FN2O2. The van der Waals surface area contributed by atoms with E-state index in [1.165, 1.54) is 12.1 Å². The Labute approximate surface area is 151 Å². The number of rotatable bonds is 3. The summed E-state index contributed by atoms with van der Waals surface area (Å²) in [6.45, 7) is 1.63. The number of hydrogen-bond acceptors (Lipinski definition) is 4. The first kappa shape index (κ1) is 16.9. The molecule has 4 rings (SSSR count). The van der Waals surface area contributed by atoms with Gasteiger partial charge in [0.15, 0.2) is 0 Å². The topological polar surface area (TPSA) is 49.5 Å². The van der Waals surface area contributed by atoms with Gasteiger partial charge in [-0.05, 0) is 55.8 Å². The minimum absolute atomic E-state index is 0.281. The van der Waals surface area contributed by atoms with E-state index in [4.69, 9.17) is 4.42 Å². The van der Waals surface area contributed by atoms with E-state index in [-0.39, 0.29) is 5.82 Å². The minimum Gasteiger partial charge on any atom is -0.457 e. The standard InChI is InChI=1S/C21H21FN2O2/c1-24-12-8-21(25,9-13-24)19-14-18(15-2-4-17(22)5-3-15)20(26-19)16-6-10-23-11-7-16/h2-7,10-11,14,25H,8-9,12-13H2,1H3. The number of likely N-dealkylation sites (tertiary alicyclic amines) is 1. The van der Waals surface area contributed by atoms with Crippen LogP contribution in [0.15, 0.2) is 59.3 Å². The van der Waals surface area contributed by atoms with Crippen molar-refractivity contribution in [3.8, 4) is 22.5 Å². The van der Waals surface area contributed by atoms with Gasteiger partial charge in [-0.15, -0.1) is 0 Å². The summed E-state index contributed by atoms with van der Waals surface area (Å²) in [5, 5.41) is 11.1. The molecule has 1 N–H and O–H groups in total. The molecule has 0 atom stereocenters. The van der Waals surface area contributed by atoms with Crippen LogP contribution in [0.2, 0.25) is 0 Å². The zero-order valence-electron chi connectivity index (χ0n) is 14.7. The first-order valence-electron chi connectivity index (χ1n) is 8.77. The van der Waals surface area contributed by atoms with Gasteiger partial charge in [-0.2, -0.15) is 0 Å². The van der Waals surface area contributed by atoms with E-state index in [2.05, 4.69) is 9.88 Å². The van der Waals surface area contributed by atoms with Crippen LogP contribution in [-0.2, 0) is 5.60 Å². The Morgan fingerprint density at radius 1 is 1.04 bits per heavy atom. The van der Waals surface area contributed by atoms with E-state index in [1.54, 1.807) is 24.5 Å². The lowest BCUT2D eigenvalue weighted by molar-refractivity contribution is -0.0367. The summed E-state index contributed by atoms with van der Waals surface area (Å²) in [6, 6.07) is 12.0. The van der Waals surface area contributed by atoms with Crippen molar-refractivity contribution in [3.63, 3.8) is 0 Å². The van der Waals surface area contributed by atoms with Gasteiger partial charge in [0.05, 0.1) is 0 Å². The van der Waals surface area contributed by atoms with E-state index in [0.717, 1.165) is 29.8 Å². The van der Waals surface area contributed by atoms with Gasteiger partial charge in [-0.25, -0.2) is 4.39 Å². The SMILES string of the molecule is CN1CCC(O)(c2cc(-c3ccc(F)cc3)c(-c3ccncc3)o2)CC1. The Morgan fingerprint density at radius 2 is 1.69 bits per heavy atom. The lowest BCUT2D eigenvalue weighted by Crippen LogP contribution is -2.40. The van der Waals surface area contributed by atoms with Crippen LogP contribution in [0.3, 0.4) is 0 Å². The second-order valence-electron chi connectivity index (χ2n) is 6.93. The molecule has 0 radical (unpaired) electrons. The Kier molecular flexibility index (Phi) is 4.34. The number of nitrogens with zero attached hydrogens (tertiary/aromatic N) is 2. The normalized spacial score (nSPS) is 17.3. The predicted molar refractivity (Wildman–Crippen MR) is 98.0 cm³/mol. The third-order valence-electron chi connectivity index (χ3n) is 5.10. The van der Waals surface area contributed by atoms with Crippen molar-refractivity contribution in [1.29, 1.82) is 0 Å². The van der Waals surface area contributed by atoms with Crippen LogP contribution in [-0.4, -0.2) is 35.1 Å². The van der Waals surface area contributed by atoms with Crippen molar-refractivity contribution in [3.05, 3.63) is 66.4 Å². The lowest BCUT2D eigenvalue weighted by atomic mass is 9.88. The quantitative estimate of drug-likeness (QED) is 0.772. The molecular weight excluding hydrogens is 331 g/mol. The van der Waals surface area contributed by atoms with Crippen LogP contribution in [0.25, 0.3) is 22.5 Å². The van der Waals surface area contributed by atoms with Crippen LogP contribution in [0.1, 0.15) is 18.6 Å². The highest BCUT2D eigenvalue weighted by molar-refractivity contribution is 5.80. The third-order valence-corrected chi connectivity index (χ3v) is 5.10. The summed E-state index contributed by atoms with van der Waals surface area (Å²) in [7, 11) is 2.05. The van der Waals surface area contributed by atoms with Gasteiger partial charge in [0.2, 0.25) is 0 Å². The fourth-order valence-electron chi connectivity index (χ4n) is 3.42. The number of piperidine rings is 1. The average Bonchev–Trinajstić information content (AvgIpc) is 3.12. The molecule has 4 nitrogen and oxygen atoms in total. The fraction of sp³-hybridized carbons (Fsp3) is 0.286. The number of hydrogen-bond donors (Lipinski definition) is 1. The monoisotopic (exact) mass is 352 g/mol. The molecule has 134 valence electrons. The van der Waals surface area contributed by atoms with Gasteiger partial charge in [0, 0.05) is 36.6 Å². The maximum Gasteiger partial charge on any atom is 0.142 e. The highest BCUT2D eigenvalue weighted by atomic mass is 19.1. The van der Waals surface area contributed by atoms with Crippen molar-refractivity contribution in [1.82, 2.24) is 9.88 Å². The summed E-state index contributed by atoms with van der Waals surface area (Å²) < 4.78 is 19.5. The molecule has 1 fully saturated rings. The Bertz CT molecular complexity index is 882. The molecule has 0 saturated carbocycles. The van der Waals surface area contributed by atoms with Gasteiger partial charge in [-0.1, -0.05) is 12.1 Å². The van der Waals surface area contributed by atoms with Crippen molar-refractivity contribution in [2.75, 3.05) is 20.1 Å². The van der Waals surface area contributed by atoms with E-state index < -0.39 is 5.60 Å². The molecule has 0 bridgehead atoms. The molecule has 26 heavy (non-hydrogen) atoms. The third kappa shape index (κ3) is 3.16. The molecule has 2 aromatic heterocycles. The van der Waals surface area contributed by atoms with Gasteiger partial charge in [0.1, 0.15) is 22.9 Å². The molecule has 3 heterocycles. The second kappa shape index (κ2) is 6.67. The highest BCUT2D eigenvalue weighted by Crippen LogP contribution is 2.41. The number of halogens is 1. The number of aromatic nitrogens is 1. The molecule has 0 aliphatic carbocycles. The summed E-state index contributed by atoms with van der Waals surface area (Å²) in [6.07, 6.45) is 4.65. The van der Waals surface area contributed by atoms with Crippen molar-refractivity contribution < 1.29 is 13.9 Å². The predicted octanol–water partition coefficient (Wildman–Crippen LogP) is 4.06. The van der Waals surface area contributed by atoms with E-state index >= 15 is 0 Å². The van der Waals surface area contributed by atoms with E-state index in [0.29, 0.717) is 24.4 Å². The lowest BCUT2D eigenvalue weighted by Gasteiger charge is -2.34. The maximum atomic E-state index is 13.3. The number of aliphatic hydroxyl groups is 1. The zero-order chi connectivity index (χ0) is 18.1. The smallest absolute Gasteiger partial charge is 0.142 e. The highest BCUT2D eigenvalue weighted by Gasteiger charge is 2.37. The van der Waals surface area contributed by atoms with Crippen LogP contribution in [0, 0.1) is 5.82 Å². The van der Waals surface area contributed by atoms with Crippen LogP contribution in [0.5, 0.6) is 0 Å². The fourth-order valence-corrected chi connectivity index (χ4v) is 3.42. The average molecular weight is 352 g/mol. The van der Waals surface area contributed by atoms with Crippen LogP contribution in [0.4, 0.5) is 4.39 Å². The van der Waals surface area contributed by atoms with Gasteiger partial charge in [-0.3, -0.25) is 4.98 Å². The summed E-state index contributed by atoms with van der Waals surface area (Å²) >= 11 is 0. The number of benzene rings is 1. The molecule has 3 aromatic rings. The summed E-state index contributed by atoms with van der Waals surface area (Å²) in [5.74, 6) is 0.954. The molecule has 1 aliphatic rings. The molecule has 1 aromatic carbocycles. The number of furan rings is 1. The molecule has 1 aliphatic heterocycles. The zero-order valence-corrected chi connectivity index (χ0v) is 14.7. The summed E-state index contributed by atoms with van der Waals surface area (Å²) in [4.78, 5) is 6.25. The van der Waals surface area contributed by atoms with Crippen molar-refractivity contribution in [2.24, 2.45) is 0 Å². The molecule has 0 spiro atoms. The van der Waals surface area contributed by atoms with Gasteiger partial charge >= 0.3 is 0 Å². The second-order valence-corrected chi connectivity index (χ2v) is 6.93. The van der Waals surface area contributed by atoms with E-state index in [9.17, 15) is 9.50 Å². The summed E-state index contributed by atoms with van der Waals surface area (Å²) in [5.41, 5.74) is 1.59.